The van der Waals surface area contributed by atoms with E-state index in [2.05, 4.69) is 202 Å². The van der Waals surface area contributed by atoms with Crippen LogP contribution in [0.15, 0.2) is 0 Å². The Labute approximate surface area is 314 Å². The van der Waals surface area contributed by atoms with E-state index in [1.54, 1.807) is 6.92 Å². The van der Waals surface area contributed by atoms with Crippen molar-refractivity contribution in [2.75, 3.05) is 20.8 Å². The second kappa shape index (κ2) is 178. The van der Waals surface area contributed by atoms with Gasteiger partial charge in [-0.15, -0.1) is 0 Å². The Bertz CT molecular complexity index is 163. The summed E-state index contributed by atoms with van der Waals surface area (Å²) >= 11 is 0. The van der Waals surface area contributed by atoms with Crippen molar-refractivity contribution in [3.8, 4) is 0 Å². The van der Waals surface area contributed by atoms with Crippen LogP contribution in [0, 0.1) is 16.2 Å². The highest BCUT2D eigenvalue weighted by molar-refractivity contribution is 6.76. The van der Waals surface area contributed by atoms with Gasteiger partial charge in [-0.05, 0) is 23.2 Å². The van der Waals surface area contributed by atoms with Gasteiger partial charge in [0.05, 0.1) is 0 Å². The molecule has 0 unspecified atom stereocenters. The molecule has 270 valence electrons. The summed E-state index contributed by atoms with van der Waals surface area (Å²) in [5, 5.41) is 21.6. The fourth-order valence-electron chi connectivity index (χ4n) is 0. The fraction of sp³-hybridized carbons (Fsp3) is 1.00. The van der Waals surface area contributed by atoms with Gasteiger partial charge in [-0.25, -0.2) is 0 Å². The smallest absolute Gasteiger partial charge is 0.0402 e. The molecule has 0 spiro atoms. The van der Waals surface area contributed by atoms with Crippen LogP contribution >= 0.6 is 0 Å². The summed E-state index contributed by atoms with van der Waals surface area (Å²) in [6.45, 7) is 48.9. The SMILES string of the molecule is C.CC.CC.CC(C)(C)C.CC(C)(C)C.CC(C)(C)C.CCC.CCC.CCC.CCO.CO.CO.[B][B].[B][B].[B][B].[B][B].[B][B]. The molecule has 0 amide bonds. The molecule has 0 aliphatic heterocycles. The van der Waals surface area contributed by atoms with Gasteiger partial charge in [-0.2, -0.15) is 0 Å². The van der Waals surface area contributed by atoms with Gasteiger partial charge in [0.2, 0.25) is 0 Å². The maximum Gasteiger partial charge on any atom is 0.0402 e. The minimum Gasteiger partial charge on any atom is -0.400 e. The van der Waals surface area contributed by atoms with Gasteiger partial charge in [0, 0.05) is 98.2 Å². The van der Waals surface area contributed by atoms with Crippen molar-refractivity contribution in [3.05, 3.63) is 0 Å². The van der Waals surface area contributed by atoms with Gasteiger partial charge in [0.15, 0.2) is 0 Å². The van der Waals surface area contributed by atoms with Gasteiger partial charge >= 0.3 is 0 Å². The van der Waals surface area contributed by atoms with Gasteiger partial charge in [-0.1, -0.05) is 179 Å². The monoisotopic (exact) mass is 645 g/mol. The second-order valence-electron chi connectivity index (χ2n) is 11.4. The van der Waals surface area contributed by atoms with Crippen LogP contribution in [-0.2, 0) is 0 Å². The van der Waals surface area contributed by atoms with Crippen molar-refractivity contribution in [3.63, 3.8) is 0 Å². The summed E-state index contributed by atoms with van der Waals surface area (Å²) in [6, 6.07) is 0. The molecule has 0 saturated carbocycles. The molecule has 3 nitrogen and oxygen atoms in total. The highest BCUT2D eigenvalue weighted by Crippen LogP contribution is 2.08. The number of rotatable bonds is 0. The van der Waals surface area contributed by atoms with E-state index in [0.717, 1.165) is 14.2 Å². The zero-order chi connectivity index (χ0) is 42.3. The fourth-order valence-corrected chi connectivity index (χ4v) is 0. The van der Waals surface area contributed by atoms with Crippen LogP contribution in [0.4, 0.5) is 0 Å². The van der Waals surface area contributed by atoms with Crippen molar-refractivity contribution in [1.29, 1.82) is 0 Å². The number of aliphatic hydroxyl groups is 3. The molecule has 0 saturated heterocycles. The van der Waals surface area contributed by atoms with Crippen LogP contribution < -0.4 is 0 Å². The minimum atomic E-state index is 0. The first-order chi connectivity index (χ1) is 20.7. The third-order valence-corrected chi connectivity index (χ3v) is 0. The van der Waals surface area contributed by atoms with Crippen molar-refractivity contribution in [2.24, 2.45) is 16.2 Å². The van der Waals surface area contributed by atoms with Crippen molar-refractivity contribution < 1.29 is 15.3 Å². The van der Waals surface area contributed by atoms with E-state index in [1.165, 1.54) is 19.3 Å². The molecular formula is C33H90B10O3. The van der Waals surface area contributed by atoms with Crippen LogP contribution in [0.1, 0.15) is 186 Å². The average Bonchev–Trinajstić information content (AvgIpc) is 2.97. The number of hydrogen-bond acceptors (Lipinski definition) is 3. The molecule has 0 fully saturated rings. The summed E-state index contributed by atoms with van der Waals surface area (Å²) in [6.07, 6.45) is 3.75. The Balaban J connectivity index is -0.0000000132. The summed E-state index contributed by atoms with van der Waals surface area (Å²) in [7, 11) is 42.0. The molecule has 0 aliphatic rings. The molecule has 0 rings (SSSR count). The molecule has 46 heavy (non-hydrogen) atoms. The Morgan fingerprint density at radius 2 is 0.326 bits per heavy atom. The highest BCUT2D eigenvalue weighted by Gasteiger charge is 1.96. The minimum absolute atomic E-state index is 0. The Hall–Kier alpha value is 0.529. The molecule has 0 aromatic heterocycles. The molecule has 0 aromatic rings. The summed E-state index contributed by atoms with van der Waals surface area (Å²) in [5.41, 5.74) is 1.50. The molecule has 13 heteroatoms. The molecule has 0 aliphatic carbocycles. The molecule has 0 aromatic carbocycles. The molecular weight excluding hydrogens is 552 g/mol. The first-order valence-electron chi connectivity index (χ1n) is 15.8. The lowest BCUT2D eigenvalue weighted by molar-refractivity contribution is 0.318. The maximum absolute atomic E-state index is 7.57. The number of hydrogen-bond donors (Lipinski definition) is 3. The Kier molecular flexibility index (Phi) is 428. The van der Waals surface area contributed by atoms with E-state index in [9.17, 15) is 0 Å². The van der Waals surface area contributed by atoms with E-state index in [-0.39, 0.29) is 14.0 Å². The third-order valence-electron chi connectivity index (χ3n) is 0. The van der Waals surface area contributed by atoms with Gasteiger partial charge in [0.25, 0.3) is 0 Å². The first kappa shape index (κ1) is 111. The molecule has 0 bridgehead atoms. The predicted octanol–water partition coefficient (Wildman–Crippen LogP) is 8.50. The molecule has 20 radical (unpaired) electrons. The zero-order valence-electron chi connectivity index (χ0n) is 36.4. The molecule has 3 N–H and O–H groups in total. The lowest BCUT2D eigenvalue weighted by Gasteiger charge is -2.05. The quantitative estimate of drug-likeness (QED) is 0.232. The highest BCUT2D eigenvalue weighted by atomic mass is 16.2. The summed E-state index contributed by atoms with van der Waals surface area (Å²) in [5.74, 6) is 0. The molecule has 0 atom stereocenters. The Morgan fingerprint density at radius 3 is 0.326 bits per heavy atom. The zero-order valence-corrected chi connectivity index (χ0v) is 36.4. The normalized spacial score (nSPS) is 6.43. The lowest BCUT2D eigenvalue weighted by Crippen LogP contribution is -1.93. The summed E-state index contributed by atoms with van der Waals surface area (Å²) in [4.78, 5) is 0. The summed E-state index contributed by atoms with van der Waals surface area (Å²) < 4.78 is 0. The molecule has 0 heterocycles. The van der Waals surface area contributed by atoms with E-state index >= 15 is 0 Å². The van der Waals surface area contributed by atoms with E-state index in [1.807, 2.05) is 27.7 Å². The largest absolute Gasteiger partial charge is 0.400 e. The van der Waals surface area contributed by atoms with Gasteiger partial charge in [-0.3, -0.25) is 0 Å². The Morgan fingerprint density at radius 1 is 0.326 bits per heavy atom. The van der Waals surface area contributed by atoms with E-state index < -0.39 is 0 Å². The van der Waals surface area contributed by atoms with Crippen LogP contribution in [0.5, 0.6) is 0 Å². The lowest BCUT2D eigenvalue weighted by atomic mass is 9.81. The number of aliphatic hydroxyl groups excluding tert-OH is 3. The van der Waals surface area contributed by atoms with Crippen LogP contribution in [0.25, 0.3) is 0 Å². The van der Waals surface area contributed by atoms with Crippen molar-refractivity contribution >= 4 is 77.4 Å². The maximum atomic E-state index is 7.57. The standard InChI is InChI=1S/3C5H12.3C3H8.C2H6O.2C2H6.2CH4O.CH4.5B2/c3*1-5(2,3)4;3*1-3-2;1-2-3;4*1-2;;5*1-2/h3*1-4H3;3*3H2,1-2H3;3H,2H2,1H3;2*1-2H3;2*2H,1H3;1H4;;;;;. The van der Waals surface area contributed by atoms with Crippen molar-refractivity contribution in [2.45, 2.75) is 186 Å². The van der Waals surface area contributed by atoms with Gasteiger partial charge < -0.3 is 15.3 Å². The van der Waals surface area contributed by atoms with E-state index in [0.29, 0.717) is 16.2 Å². The third kappa shape index (κ3) is 301000. The van der Waals surface area contributed by atoms with Crippen molar-refractivity contribution in [1.82, 2.24) is 0 Å². The second-order valence-corrected chi connectivity index (χ2v) is 11.4. The first-order valence-corrected chi connectivity index (χ1v) is 15.8. The van der Waals surface area contributed by atoms with Crippen LogP contribution in [0.3, 0.4) is 0 Å². The van der Waals surface area contributed by atoms with Gasteiger partial charge in [0.1, 0.15) is 0 Å². The average molecular weight is 643 g/mol. The van der Waals surface area contributed by atoms with Crippen LogP contribution in [0.2, 0.25) is 0 Å². The van der Waals surface area contributed by atoms with Crippen LogP contribution in [-0.4, -0.2) is 114 Å². The van der Waals surface area contributed by atoms with E-state index in [4.69, 9.17) is 15.3 Å². The topological polar surface area (TPSA) is 60.7 Å². The predicted molar refractivity (Wildman–Crippen MR) is 239 cm³/mol.